The molecule has 18 heavy (non-hydrogen) atoms. The van der Waals surface area contributed by atoms with E-state index in [9.17, 15) is 4.79 Å². The molecule has 1 aromatic carbocycles. The van der Waals surface area contributed by atoms with E-state index >= 15 is 0 Å². The van der Waals surface area contributed by atoms with E-state index in [1.165, 1.54) is 6.08 Å². The molecule has 0 saturated carbocycles. The molecule has 0 aromatic heterocycles. The van der Waals surface area contributed by atoms with Crippen LogP contribution in [0.2, 0.25) is 5.02 Å². The van der Waals surface area contributed by atoms with Crippen LogP contribution in [0, 0.1) is 0 Å². The van der Waals surface area contributed by atoms with Gasteiger partial charge in [-0.2, -0.15) is 0 Å². The second-order valence-corrected chi connectivity index (χ2v) is 4.45. The molecule has 1 amide bonds. The van der Waals surface area contributed by atoms with Crippen molar-refractivity contribution in [3.63, 3.8) is 0 Å². The quantitative estimate of drug-likeness (QED) is 0.832. The van der Waals surface area contributed by atoms with Crippen molar-refractivity contribution in [1.29, 1.82) is 0 Å². The average molecular weight is 268 g/mol. The Bertz CT molecular complexity index is 443. The highest BCUT2D eigenvalue weighted by Gasteiger charge is 2.02. The third-order valence-electron chi connectivity index (χ3n) is 2.60. The van der Waals surface area contributed by atoms with Crippen LogP contribution in [0.5, 0.6) is 5.75 Å². The van der Waals surface area contributed by atoms with E-state index in [1.807, 2.05) is 19.9 Å². The van der Waals surface area contributed by atoms with Crippen LogP contribution in [-0.4, -0.2) is 19.1 Å². The molecule has 1 aromatic rings. The van der Waals surface area contributed by atoms with Crippen molar-refractivity contribution in [2.24, 2.45) is 0 Å². The van der Waals surface area contributed by atoms with Crippen molar-refractivity contribution in [1.82, 2.24) is 5.32 Å². The molecule has 4 heteroatoms. The number of rotatable bonds is 5. The summed E-state index contributed by atoms with van der Waals surface area (Å²) in [6, 6.07) is 5.56. The number of ether oxygens (including phenoxy) is 1. The van der Waals surface area contributed by atoms with Gasteiger partial charge in [-0.25, -0.2) is 0 Å². The predicted molar refractivity (Wildman–Crippen MR) is 74.9 cm³/mol. The monoisotopic (exact) mass is 267 g/mol. The van der Waals surface area contributed by atoms with Gasteiger partial charge in [0, 0.05) is 12.1 Å². The summed E-state index contributed by atoms with van der Waals surface area (Å²) in [5.41, 5.74) is 0.861. The molecule has 0 saturated heterocycles. The summed E-state index contributed by atoms with van der Waals surface area (Å²) in [5, 5.41) is 3.38. The fourth-order valence-corrected chi connectivity index (χ4v) is 1.62. The summed E-state index contributed by atoms with van der Waals surface area (Å²) >= 11 is 5.99. The van der Waals surface area contributed by atoms with Crippen molar-refractivity contribution in [2.45, 2.75) is 26.3 Å². The number of methoxy groups -OCH3 is 1. The number of halogens is 1. The maximum absolute atomic E-state index is 11.5. The zero-order valence-corrected chi connectivity index (χ0v) is 11.6. The summed E-state index contributed by atoms with van der Waals surface area (Å²) in [7, 11) is 1.57. The first-order chi connectivity index (χ1) is 8.56. The fourth-order valence-electron chi connectivity index (χ4n) is 1.35. The first-order valence-electron chi connectivity index (χ1n) is 5.89. The van der Waals surface area contributed by atoms with Gasteiger partial charge in [0.15, 0.2) is 0 Å². The molecule has 98 valence electrons. The standard InChI is InChI=1S/C14H18ClNO2/c1-4-10(2)16-14(17)8-6-11-5-7-13(18-3)12(15)9-11/h5-10H,4H2,1-3H3,(H,16,17). The molecule has 0 aliphatic heterocycles. The fraction of sp³-hybridized carbons (Fsp3) is 0.357. The zero-order valence-electron chi connectivity index (χ0n) is 10.9. The molecule has 0 aliphatic carbocycles. The van der Waals surface area contributed by atoms with Crippen LogP contribution in [-0.2, 0) is 4.79 Å². The Morgan fingerprint density at radius 2 is 2.28 bits per heavy atom. The summed E-state index contributed by atoms with van der Waals surface area (Å²) in [6.45, 7) is 3.99. The Labute approximate surface area is 113 Å². The van der Waals surface area contributed by atoms with Crippen molar-refractivity contribution in [3.8, 4) is 5.75 Å². The van der Waals surface area contributed by atoms with E-state index in [1.54, 1.807) is 25.3 Å². The summed E-state index contributed by atoms with van der Waals surface area (Å²) < 4.78 is 5.06. The number of hydrogen-bond acceptors (Lipinski definition) is 2. The van der Waals surface area contributed by atoms with Crippen LogP contribution < -0.4 is 10.1 Å². The van der Waals surface area contributed by atoms with Gasteiger partial charge in [-0.3, -0.25) is 4.79 Å². The molecule has 3 nitrogen and oxygen atoms in total. The Morgan fingerprint density at radius 1 is 1.56 bits per heavy atom. The minimum Gasteiger partial charge on any atom is -0.495 e. The number of carbonyl (C=O) groups excluding carboxylic acids is 1. The second kappa shape index (κ2) is 7.07. The second-order valence-electron chi connectivity index (χ2n) is 4.05. The molecule has 1 N–H and O–H groups in total. The Balaban J connectivity index is 2.67. The van der Waals surface area contributed by atoms with E-state index in [4.69, 9.17) is 16.3 Å². The topological polar surface area (TPSA) is 38.3 Å². The van der Waals surface area contributed by atoms with Crippen LogP contribution in [0.25, 0.3) is 6.08 Å². The highest BCUT2D eigenvalue weighted by atomic mass is 35.5. The van der Waals surface area contributed by atoms with Crippen molar-refractivity contribution in [3.05, 3.63) is 34.9 Å². The highest BCUT2D eigenvalue weighted by molar-refractivity contribution is 6.32. The van der Waals surface area contributed by atoms with Gasteiger partial charge in [-0.1, -0.05) is 24.6 Å². The van der Waals surface area contributed by atoms with Gasteiger partial charge >= 0.3 is 0 Å². The molecular formula is C14H18ClNO2. The first-order valence-corrected chi connectivity index (χ1v) is 6.26. The Kier molecular flexibility index (Phi) is 5.72. The molecule has 0 heterocycles. The van der Waals surface area contributed by atoms with Gasteiger partial charge in [0.2, 0.25) is 5.91 Å². The normalized spacial score (nSPS) is 12.4. The van der Waals surface area contributed by atoms with Gasteiger partial charge < -0.3 is 10.1 Å². The van der Waals surface area contributed by atoms with E-state index in [0.717, 1.165) is 12.0 Å². The van der Waals surface area contributed by atoms with Crippen LogP contribution >= 0.6 is 11.6 Å². The number of hydrogen-bond donors (Lipinski definition) is 1. The third-order valence-corrected chi connectivity index (χ3v) is 2.90. The van der Waals surface area contributed by atoms with E-state index < -0.39 is 0 Å². The molecule has 1 unspecified atom stereocenters. The lowest BCUT2D eigenvalue weighted by Gasteiger charge is -2.08. The highest BCUT2D eigenvalue weighted by Crippen LogP contribution is 2.25. The third kappa shape index (κ3) is 4.41. The molecule has 0 spiro atoms. The number of benzene rings is 1. The van der Waals surface area contributed by atoms with E-state index in [-0.39, 0.29) is 11.9 Å². The maximum Gasteiger partial charge on any atom is 0.244 e. The molecular weight excluding hydrogens is 250 g/mol. The Hall–Kier alpha value is -1.48. The minimum absolute atomic E-state index is 0.101. The molecule has 1 rings (SSSR count). The number of amides is 1. The molecule has 0 aliphatic rings. The van der Waals surface area contributed by atoms with Gasteiger partial charge in [-0.05, 0) is 37.1 Å². The van der Waals surface area contributed by atoms with Gasteiger partial charge in [0.05, 0.1) is 12.1 Å². The zero-order chi connectivity index (χ0) is 13.5. The van der Waals surface area contributed by atoms with Gasteiger partial charge in [0.25, 0.3) is 0 Å². The molecule has 1 atom stereocenters. The van der Waals surface area contributed by atoms with Crippen LogP contribution in [0.15, 0.2) is 24.3 Å². The van der Waals surface area contributed by atoms with E-state index in [2.05, 4.69) is 5.32 Å². The predicted octanol–water partition coefficient (Wildman–Crippen LogP) is 3.28. The lowest BCUT2D eigenvalue weighted by Crippen LogP contribution is -2.30. The summed E-state index contributed by atoms with van der Waals surface area (Å²) in [6.07, 6.45) is 4.14. The largest absolute Gasteiger partial charge is 0.495 e. The van der Waals surface area contributed by atoms with Crippen LogP contribution in [0.4, 0.5) is 0 Å². The van der Waals surface area contributed by atoms with Crippen molar-refractivity contribution in [2.75, 3.05) is 7.11 Å². The number of nitrogens with one attached hydrogen (secondary N) is 1. The van der Waals surface area contributed by atoms with Crippen molar-refractivity contribution >= 4 is 23.6 Å². The summed E-state index contributed by atoms with van der Waals surface area (Å²) in [4.78, 5) is 11.5. The molecule has 0 bridgehead atoms. The van der Waals surface area contributed by atoms with Gasteiger partial charge in [-0.15, -0.1) is 0 Å². The minimum atomic E-state index is -0.101. The van der Waals surface area contributed by atoms with Gasteiger partial charge in [0.1, 0.15) is 5.75 Å². The molecule has 0 fully saturated rings. The lowest BCUT2D eigenvalue weighted by molar-refractivity contribution is -0.117. The van der Waals surface area contributed by atoms with Crippen LogP contribution in [0.1, 0.15) is 25.8 Å². The van der Waals surface area contributed by atoms with Crippen molar-refractivity contribution < 1.29 is 9.53 Å². The average Bonchev–Trinajstić information content (AvgIpc) is 2.36. The lowest BCUT2D eigenvalue weighted by atomic mass is 10.2. The van der Waals surface area contributed by atoms with Crippen LogP contribution in [0.3, 0.4) is 0 Å². The van der Waals surface area contributed by atoms with E-state index in [0.29, 0.717) is 10.8 Å². The number of carbonyl (C=O) groups is 1. The smallest absolute Gasteiger partial charge is 0.244 e. The first kappa shape index (κ1) is 14.6. The summed E-state index contributed by atoms with van der Waals surface area (Å²) in [5.74, 6) is 0.522. The Morgan fingerprint density at radius 3 is 2.83 bits per heavy atom. The molecule has 0 radical (unpaired) electrons. The maximum atomic E-state index is 11.5. The SMILES string of the molecule is CCC(C)NC(=O)C=Cc1ccc(OC)c(Cl)c1.